The third-order valence-electron chi connectivity index (χ3n) is 2.42. The van der Waals surface area contributed by atoms with Gasteiger partial charge in [0.2, 0.25) is 0 Å². The van der Waals surface area contributed by atoms with E-state index in [2.05, 4.69) is 63.5 Å². The number of halogens is 1. The number of benzene rings is 1. The van der Waals surface area contributed by atoms with Gasteiger partial charge in [0.25, 0.3) is 0 Å². The number of hydrogen-bond acceptors (Lipinski definition) is 2. The molecule has 1 N–H and O–H groups in total. The van der Waals surface area contributed by atoms with Crippen molar-refractivity contribution in [3.63, 3.8) is 0 Å². The average molecular weight is 327 g/mol. The molecule has 0 fully saturated rings. The molecule has 0 unspecified atom stereocenters. The maximum absolute atomic E-state index is 4.30. The first-order chi connectivity index (χ1) is 7.79. The Labute approximate surface area is 109 Å². The van der Waals surface area contributed by atoms with Gasteiger partial charge in [0.05, 0.1) is 16.3 Å². The van der Waals surface area contributed by atoms with Crippen LogP contribution >= 0.6 is 22.6 Å². The van der Waals surface area contributed by atoms with E-state index in [-0.39, 0.29) is 0 Å². The average Bonchev–Trinajstić information content (AvgIpc) is 2.67. The van der Waals surface area contributed by atoms with E-state index >= 15 is 0 Å². The zero-order valence-electron chi connectivity index (χ0n) is 9.15. The topological polar surface area (TPSA) is 29.9 Å². The summed E-state index contributed by atoms with van der Waals surface area (Å²) in [6.45, 7) is 1.73. The van der Waals surface area contributed by atoms with Crippen LogP contribution in [0.15, 0.2) is 36.7 Å². The molecule has 16 heavy (non-hydrogen) atoms. The second-order valence-electron chi connectivity index (χ2n) is 3.66. The molecule has 4 heteroatoms. The molecule has 0 aliphatic carbocycles. The van der Waals surface area contributed by atoms with Gasteiger partial charge in [0.15, 0.2) is 0 Å². The van der Waals surface area contributed by atoms with Gasteiger partial charge >= 0.3 is 0 Å². The Hall–Kier alpha value is -0.880. The monoisotopic (exact) mass is 327 g/mol. The van der Waals surface area contributed by atoms with Crippen molar-refractivity contribution < 1.29 is 0 Å². The van der Waals surface area contributed by atoms with Crippen molar-refractivity contribution in [1.29, 1.82) is 0 Å². The maximum Gasteiger partial charge on any atom is 0.0662 e. The predicted octanol–water partition coefficient (Wildman–Crippen LogP) is 2.26. The molecule has 2 aromatic rings. The lowest BCUT2D eigenvalue weighted by Gasteiger charge is -2.08. The van der Waals surface area contributed by atoms with Crippen molar-refractivity contribution in [2.24, 2.45) is 0 Å². The normalized spacial score (nSPS) is 10.6. The summed E-state index contributed by atoms with van der Waals surface area (Å²) in [5, 5.41) is 7.49. The van der Waals surface area contributed by atoms with Crippen LogP contribution < -0.4 is 5.32 Å². The number of nitrogens with zero attached hydrogens (tertiary/aromatic N) is 2. The zero-order valence-corrected chi connectivity index (χ0v) is 11.3. The Bertz CT molecular complexity index is 465. The van der Waals surface area contributed by atoms with Crippen LogP contribution in [0.25, 0.3) is 0 Å². The molecule has 2 rings (SSSR count). The van der Waals surface area contributed by atoms with Gasteiger partial charge in [0.1, 0.15) is 0 Å². The fourth-order valence-corrected chi connectivity index (χ4v) is 2.12. The van der Waals surface area contributed by atoms with Crippen LogP contribution in [0.5, 0.6) is 0 Å². The number of aromatic nitrogens is 2. The first kappa shape index (κ1) is 11.6. The van der Waals surface area contributed by atoms with Gasteiger partial charge < -0.3 is 5.32 Å². The van der Waals surface area contributed by atoms with Crippen molar-refractivity contribution in [2.75, 3.05) is 7.05 Å². The molecule has 0 aliphatic rings. The highest BCUT2D eigenvalue weighted by Gasteiger charge is 2.02. The van der Waals surface area contributed by atoms with E-state index in [4.69, 9.17) is 0 Å². The number of nitrogens with one attached hydrogen (secondary N) is 1. The largest absolute Gasteiger partial charge is 0.316 e. The van der Waals surface area contributed by atoms with Crippen LogP contribution in [0.3, 0.4) is 0 Å². The molecular weight excluding hydrogens is 313 g/mol. The second-order valence-corrected chi connectivity index (χ2v) is 4.90. The molecule has 0 aliphatic heterocycles. The quantitative estimate of drug-likeness (QED) is 0.873. The first-order valence-corrected chi connectivity index (χ1v) is 6.27. The highest BCUT2D eigenvalue weighted by molar-refractivity contribution is 14.1. The van der Waals surface area contributed by atoms with Crippen LogP contribution in [-0.4, -0.2) is 16.8 Å². The van der Waals surface area contributed by atoms with Gasteiger partial charge in [-0.1, -0.05) is 24.3 Å². The Morgan fingerprint density at radius 1 is 1.31 bits per heavy atom. The molecule has 3 nitrogen and oxygen atoms in total. The lowest BCUT2D eigenvalue weighted by Crippen LogP contribution is -2.10. The molecule has 0 saturated carbocycles. The summed E-state index contributed by atoms with van der Waals surface area (Å²) in [5.41, 5.74) is 2.65. The molecule has 0 spiro atoms. The molecule has 0 atom stereocenters. The molecule has 0 saturated heterocycles. The molecular formula is C12H14IN3. The van der Waals surface area contributed by atoms with Crippen molar-refractivity contribution in [2.45, 2.75) is 13.1 Å². The van der Waals surface area contributed by atoms with Crippen LogP contribution in [0.2, 0.25) is 0 Å². The van der Waals surface area contributed by atoms with Crippen molar-refractivity contribution in [1.82, 2.24) is 15.1 Å². The van der Waals surface area contributed by atoms with E-state index in [0.29, 0.717) is 0 Å². The van der Waals surface area contributed by atoms with Crippen molar-refractivity contribution >= 4 is 22.6 Å². The van der Waals surface area contributed by atoms with Gasteiger partial charge in [-0.15, -0.1) is 0 Å². The highest BCUT2D eigenvalue weighted by Crippen LogP contribution is 2.11. The van der Waals surface area contributed by atoms with Crippen LogP contribution in [0.1, 0.15) is 11.1 Å². The third-order valence-corrected chi connectivity index (χ3v) is 2.98. The molecule has 1 aromatic heterocycles. The molecule has 1 aromatic carbocycles. The molecule has 0 bridgehead atoms. The fraction of sp³-hybridized carbons (Fsp3) is 0.250. The molecule has 84 valence electrons. The molecule has 1 heterocycles. The van der Waals surface area contributed by atoms with Crippen LogP contribution in [0, 0.1) is 3.57 Å². The van der Waals surface area contributed by atoms with E-state index in [1.807, 2.05) is 17.9 Å². The predicted molar refractivity (Wildman–Crippen MR) is 73.3 cm³/mol. The highest BCUT2D eigenvalue weighted by atomic mass is 127. The Kier molecular flexibility index (Phi) is 3.95. The smallest absolute Gasteiger partial charge is 0.0662 e. The Morgan fingerprint density at radius 2 is 2.06 bits per heavy atom. The minimum atomic E-state index is 0.834. The summed E-state index contributed by atoms with van der Waals surface area (Å²) in [7, 11) is 1.97. The first-order valence-electron chi connectivity index (χ1n) is 5.19. The van der Waals surface area contributed by atoms with E-state index in [1.54, 1.807) is 0 Å². The minimum absolute atomic E-state index is 0.834. The summed E-state index contributed by atoms with van der Waals surface area (Å²) in [6, 6.07) is 8.45. The SMILES string of the molecule is CNCc1ccccc1Cn1cc(I)cn1. The summed E-state index contributed by atoms with van der Waals surface area (Å²) >= 11 is 2.27. The molecule has 0 radical (unpaired) electrons. The fourth-order valence-electron chi connectivity index (χ4n) is 1.67. The van der Waals surface area contributed by atoms with E-state index in [0.717, 1.165) is 13.1 Å². The van der Waals surface area contributed by atoms with Crippen molar-refractivity contribution in [3.8, 4) is 0 Å². The van der Waals surface area contributed by atoms with E-state index in [1.165, 1.54) is 14.7 Å². The van der Waals surface area contributed by atoms with E-state index in [9.17, 15) is 0 Å². The second kappa shape index (κ2) is 5.45. The summed E-state index contributed by atoms with van der Waals surface area (Å²) in [6.07, 6.45) is 3.93. The summed E-state index contributed by atoms with van der Waals surface area (Å²) < 4.78 is 3.14. The standard InChI is InChI=1S/C12H14IN3/c1-14-6-10-4-2-3-5-11(10)8-16-9-12(13)7-15-16/h2-5,7,9,14H,6,8H2,1H3. The van der Waals surface area contributed by atoms with Gasteiger partial charge in [-0.25, -0.2) is 0 Å². The van der Waals surface area contributed by atoms with E-state index < -0.39 is 0 Å². The Balaban J connectivity index is 2.20. The summed E-state index contributed by atoms with van der Waals surface area (Å²) in [4.78, 5) is 0. The summed E-state index contributed by atoms with van der Waals surface area (Å²) in [5.74, 6) is 0. The van der Waals surface area contributed by atoms with Gasteiger partial charge in [-0.05, 0) is 40.8 Å². The number of rotatable bonds is 4. The van der Waals surface area contributed by atoms with Crippen LogP contribution in [-0.2, 0) is 13.1 Å². The Morgan fingerprint density at radius 3 is 2.69 bits per heavy atom. The zero-order chi connectivity index (χ0) is 11.4. The van der Waals surface area contributed by atoms with Gasteiger partial charge in [0, 0.05) is 12.7 Å². The minimum Gasteiger partial charge on any atom is -0.316 e. The van der Waals surface area contributed by atoms with Crippen LogP contribution in [0.4, 0.5) is 0 Å². The molecule has 0 amide bonds. The van der Waals surface area contributed by atoms with Gasteiger partial charge in [-0.3, -0.25) is 4.68 Å². The van der Waals surface area contributed by atoms with Gasteiger partial charge in [-0.2, -0.15) is 5.10 Å². The van der Waals surface area contributed by atoms with Crippen molar-refractivity contribution in [3.05, 3.63) is 51.4 Å². The maximum atomic E-state index is 4.30. The number of hydrogen-bond donors (Lipinski definition) is 1. The lowest BCUT2D eigenvalue weighted by molar-refractivity contribution is 0.675. The third kappa shape index (κ3) is 2.82. The lowest BCUT2D eigenvalue weighted by atomic mass is 10.1.